The molecular weight excluding hydrogens is 360 g/mol. The second-order valence-corrected chi connectivity index (χ2v) is 6.10. The Balaban J connectivity index is 0.000000597. The normalized spacial score (nSPS) is 11.8. The van der Waals surface area contributed by atoms with Crippen molar-refractivity contribution in [2.75, 3.05) is 18.0 Å². The zero-order chi connectivity index (χ0) is 19.6. The van der Waals surface area contributed by atoms with Gasteiger partial charge in [-0.1, -0.05) is 36.4 Å². The van der Waals surface area contributed by atoms with Gasteiger partial charge >= 0.3 is 5.96 Å². The maximum atomic E-state index is 10.2. The summed E-state index contributed by atoms with van der Waals surface area (Å²) in [6, 6.07) is 20.0. The molecule has 0 aliphatic heterocycles. The molecule has 0 bridgehead atoms. The SMILES string of the molecule is NC(=[NH2+])[NH2+]CC(O)CN(c1ccccc1)c1ccccc1.O=S(=O)([O-])[O-]. The summed E-state index contributed by atoms with van der Waals surface area (Å²) in [6.45, 7) is 0.899. The topological polar surface area (TPSA) is 172 Å². The summed E-state index contributed by atoms with van der Waals surface area (Å²) in [4.78, 5) is 2.07. The number of aliphatic hydroxyl groups excluding tert-OH is 1. The molecule has 0 aliphatic rings. The molecule has 10 heteroatoms. The third-order valence-electron chi connectivity index (χ3n) is 3.15. The van der Waals surface area contributed by atoms with Crippen molar-refractivity contribution in [2.45, 2.75) is 6.10 Å². The molecule has 0 spiro atoms. The minimum Gasteiger partial charge on any atom is -0.759 e. The summed E-state index contributed by atoms with van der Waals surface area (Å²) in [5.74, 6) is 0.236. The Hall–Kier alpha value is -2.50. The van der Waals surface area contributed by atoms with Crippen LogP contribution >= 0.6 is 0 Å². The Morgan fingerprint density at radius 2 is 1.46 bits per heavy atom. The predicted octanol–water partition coefficient (Wildman–Crippen LogP) is -2.52. The van der Waals surface area contributed by atoms with Crippen LogP contribution in [-0.2, 0) is 10.4 Å². The molecule has 0 saturated carbocycles. The summed E-state index contributed by atoms with van der Waals surface area (Å²) in [6.07, 6.45) is -0.549. The van der Waals surface area contributed by atoms with E-state index in [4.69, 9.17) is 28.7 Å². The molecule has 0 aromatic heterocycles. The molecule has 0 fully saturated rings. The molecule has 26 heavy (non-hydrogen) atoms. The maximum Gasteiger partial charge on any atom is 0.434 e. The van der Waals surface area contributed by atoms with Crippen molar-refractivity contribution in [3.63, 3.8) is 0 Å². The number of hydrogen-bond donors (Lipinski definition) is 4. The molecule has 7 N–H and O–H groups in total. The zero-order valence-corrected chi connectivity index (χ0v) is 14.7. The van der Waals surface area contributed by atoms with Gasteiger partial charge < -0.3 is 19.1 Å². The highest BCUT2D eigenvalue weighted by molar-refractivity contribution is 7.79. The lowest BCUT2D eigenvalue weighted by Crippen LogP contribution is -2.98. The Morgan fingerprint density at radius 3 is 1.81 bits per heavy atom. The van der Waals surface area contributed by atoms with Gasteiger partial charge in [-0.15, -0.1) is 0 Å². The number of quaternary nitrogens is 1. The van der Waals surface area contributed by atoms with Crippen LogP contribution in [0.3, 0.4) is 0 Å². The van der Waals surface area contributed by atoms with Crippen LogP contribution in [-0.4, -0.2) is 47.8 Å². The van der Waals surface area contributed by atoms with Crippen molar-refractivity contribution >= 4 is 27.7 Å². The molecular formula is C16H22N4O5S. The first kappa shape index (κ1) is 21.5. The van der Waals surface area contributed by atoms with Gasteiger partial charge in [-0.3, -0.25) is 8.42 Å². The van der Waals surface area contributed by atoms with E-state index in [0.717, 1.165) is 11.4 Å². The van der Waals surface area contributed by atoms with E-state index in [1.807, 2.05) is 60.7 Å². The number of guanidine groups is 1. The zero-order valence-electron chi connectivity index (χ0n) is 13.9. The smallest absolute Gasteiger partial charge is 0.434 e. The molecule has 2 aromatic carbocycles. The minimum atomic E-state index is -5.17. The van der Waals surface area contributed by atoms with Crippen molar-refractivity contribution in [3.05, 3.63) is 60.7 Å². The molecule has 0 saturated heterocycles. The van der Waals surface area contributed by atoms with Gasteiger partial charge in [-0.25, -0.2) is 16.5 Å². The molecule has 1 atom stereocenters. The number of nitrogens with two attached hydrogens (primary N) is 3. The van der Waals surface area contributed by atoms with Crippen LogP contribution < -0.4 is 21.4 Å². The van der Waals surface area contributed by atoms with Gasteiger partial charge in [0.15, 0.2) is 0 Å². The van der Waals surface area contributed by atoms with Gasteiger partial charge in [-0.05, 0) is 24.3 Å². The molecule has 2 rings (SSSR count). The molecule has 0 amide bonds. The van der Waals surface area contributed by atoms with Crippen molar-refractivity contribution in [2.24, 2.45) is 5.73 Å². The highest BCUT2D eigenvalue weighted by Crippen LogP contribution is 2.24. The third kappa shape index (κ3) is 9.71. The second kappa shape index (κ2) is 10.5. The molecule has 9 nitrogen and oxygen atoms in total. The van der Waals surface area contributed by atoms with Gasteiger partial charge in [0, 0.05) is 21.8 Å². The van der Waals surface area contributed by atoms with E-state index < -0.39 is 16.5 Å². The van der Waals surface area contributed by atoms with E-state index in [0.29, 0.717) is 13.1 Å². The van der Waals surface area contributed by atoms with Crippen LogP contribution in [0, 0.1) is 0 Å². The van der Waals surface area contributed by atoms with E-state index in [2.05, 4.69) is 4.90 Å². The molecule has 2 aromatic rings. The second-order valence-electron chi connectivity index (χ2n) is 5.28. The molecule has 0 aliphatic carbocycles. The van der Waals surface area contributed by atoms with Crippen molar-refractivity contribution in [1.29, 1.82) is 0 Å². The Morgan fingerprint density at radius 1 is 1.08 bits per heavy atom. The van der Waals surface area contributed by atoms with Crippen LogP contribution in [0.4, 0.5) is 11.4 Å². The van der Waals surface area contributed by atoms with Crippen LogP contribution in [0.15, 0.2) is 60.7 Å². The standard InChI is InChI=1S/C16H20N4O.H2O4S/c17-16(18)19-11-15(21)12-20(13-7-3-1-4-8-13)14-9-5-2-6-10-14;1-5(2,3)4/h1-10,15,21H,11-12H2,(H4,17,18,19);(H2,1,2,3,4). The first-order valence-corrected chi connectivity index (χ1v) is 8.93. The average molecular weight is 382 g/mol. The molecule has 0 radical (unpaired) electrons. The average Bonchev–Trinajstić information content (AvgIpc) is 2.58. The van der Waals surface area contributed by atoms with E-state index in [9.17, 15) is 5.11 Å². The van der Waals surface area contributed by atoms with E-state index in [1.165, 1.54) is 0 Å². The van der Waals surface area contributed by atoms with E-state index in [1.54, 1.807) is 5.32 Å². The first-order valence-electron chi connectivity index (χ1n) is 7.60. The van der Waals surface area contributed by atoms with Crippen molar-refractivity contribution < 1.29 is 33.4 Å². The molecule has 1 unspecified atom stereocenters. The predicted molar refractivity (Wildman–Crippen MR) is 94.3 cm³/mol. The summed E-state index contributed by atoms with van der Waals surface area (Å²) in [5, 5.41) is 17.2. The lowest BCUT2D eigenvalue weighted by Gasteiger charge is -2.26. The number of anilines is 2. The van der Waals surface area contributed by atoms with Gasteiger partial charge in [0.05, 0.1) is 6.54 Å². The lowest BCUT2D eigenvalue weighted by atomic mass is 10.2. The summed E-state index contributed by atoms with van der Waals surface area (Å²) >= 11 is 0. The number of para-hydroxylation sites is 2. The Kier molecular flexibility index (Phi) is 8.68. The number of aliphatic hydroxyl groups is 1. The fourth-order valence-corrected chi connectivity index (χ4v) is 2.13. The monoisotopic (exact) mass is 382 g/mol. The van der Waals surface area contributed by atoms with Crippen LogP contribution in [0.2, 0.25) is 0 Å². The van der Waals surface area contributed by atoms with Crippen molar-refractivity contribution in [3.8, 4) is 0 Å². The first-order chi connectivity index (χ1) is 12.2. The van der Waals surface area contributed by atoms with Gasteiger partial charge in [0.1, 0.15) is 12.6 Å². The highest BCUT2D eigenvalue weighted by atomic mass is 32.3. The van der Waals surface area contributed by atoms with Crippen LogP contribution in [0.1, 0.15) is 0 Å². The van der Waals surface area contributed by atoms with Crippen molar-refractivity contribution in [1.82, 2.24) is 0 Å². The van der Waals surface area contributed by atoms with Gasteiger partial charge in [-0.2, -0.15) is 0 Å². The third-order valence-corrected chi connectivity index (χ3v) is 3.15. The molecule has 0 heterocycles. The summed E-state index contributed by atoms with van der Waals surface area (Å²) in [5.41, 5.74) is 7.48. The fraction of sp³-hybridized carbons (Fsp3) is 0.188. The number of hydrogen-bond acceptors (Lipinski definition) is 6. The van der Waals surface area contributed by atoms with E-state index >= 15 is 0 Å². The Labute approximate surface area is 152 Å². The highest BCUT2D eigenvalue weighted by Gasteiger charge is 2.16. The summed E-state index contributed by atoms with van der Waals surface area (Å²) in [7, 11) is -5.17. The number of benzene rings is 2. The Bertz CT molecular complexity index is 724. The quantitative estimate of drug-likeness (QED) is 0.185. The van der Waals surface area contributed by atoms with Crippen LogP contribution in [0.25, 0.3) is 0 Å². The largest absolute Gasteiger partial charge is 0.759 e. The maximum absolute atomic E-state index is 10.2. The van der Waals surface area contributed by atoms with Gasteiger partial charge in [0.25, 0.3) is 0 Å². The van der Waals surface area contributed by atoms with Crippen LogP contribution in [0.5, 0.6) is 0 Å². The van der Waals surface area contributed by atoms with Gasteiger partial charge in [0.2, 0.25) is 0 Å². The fourth-order valence-electron chi connectivity index (χ4n) is 2.13. The lowest BCUT2D eigenvalue weighted by molar-refractivity contribution is -0.575. The number of nitrogens with zero attached hydrogens (tertiary/aromatic N) is 1. The summed E-state index contributed by atoms with van der Waals surface area (Å²) < 4.78 is 34.1. The molecule has 142 valence electrons. The van der Waals surface area contributed by atoms with E-state index in [-0.39, 0.29) is 5.96 Å². The number of rotatable bonds is 6. The minimum absolute atomic E-state index is 0.236.